The van der Waals surface area contributed by atoms with E-state index in [9.17, 15) is 4.39 Å². The Kier molecular flexibility index (Phi) is 6.45. The third kappa shape index (κ3) is 4.20. The first-order chi connectivity index (χ1) is 16.2. The molecule has 0 aliphatic rings. The Bertz CT molecular complexity index is 1390. The number of nitrogens with two attached hydrogens (primary N) is 1. The van der Waals surface area contributed by atoms with Crippen LogP contribution < -0.4 is 5.73 Å². The van der Waals surface area contributed by atoms with Gasteiger partial charge in [-0.3, -0.25) is 4.57 Å². The van der Waals surface area contributed by atoms with Gasteiger partial charge in [-0.25, -0.2) is 19.3 Å². The summed E-state index contributed by atoms with van der Waals surface area (Å²) in [6.07, 6.45) is 2.60. The molecular weight excluding hydrogens is 413 g/mol. The Morgan fingerprint density at radius 2 is 1.58 bits per heavy atom. The summed E-state index contributed by atoms with van der Waals surface area (Å²) in [4.78, 5) is 13.8. The van der Waals surface area contributed by atoms with Gasteiger partial charge in [0.05, 0.1) is 11.3 Å². The lowest BCUT2D eigenvalue weighted by Gasteiger charge is -2.11. The van der Waals surface area contributed by atoms with E-state index in [1.807, 2.05) is 48.7 Å². The predicted octanol–water partition coefficient (Wildman–Crippen LogP) is 6.46. The van der Waals surface area contributed by atoms with Crippen LogP contribution in [-0.4, -0.2) is 19.5 Å². The second kappa shape index (κ2) is 9.61. The van der Waals surface area contributed by atoms with E-state index in [-0.39, 0.29) is 5.82 Å². The van der Waals surface area contributed by atoms with Gasteiger partial charge < -0.3 is 5.73 Å². The Hall–Kier alpha value is -4.06. The van der Waals surface area contributed by atoms with Gasteiger partial charge in [-0.15, -0.1) is 0 Å². The molecule has 0 radical (unpaired) electrons. The molecule has 0 atom stereocenters. The van der Waals surface area contributed by atoms with Gasteiger partial charge in [0.15, 0.2) is 11.5 Å². The minimum atomic E-state index is -0.315. The minimum absolute atomic E-state index is 0.315. The van der Waals surface area contributed by atoms with Gasteiger partial charge in [-0.05, 0) is 60.5 Å². The van der Waals surface area contributed by atoms with Crippen molar-refractivity contribution in [3.63, 3.8) is 0 Å². The maximum Gasteiger partial charge on any atom is 0.165 e. The molecule has 0 aliphatic carbocycles. The smallest absolute Gasteiger partial charge is 0.165 e. The molecule has 0 saturated heterocycles. The van der Waals surface area contributed by atoms with E-state index in [0.717, 1.165) is 12.1 Å². The molecule has 0 aliphatic heterocycles. The van der Waals surface area contributed by atoms with Crippen LogP contribution in [0.3, 0.4) is 0 Å². The number of benzene rings is 2. The van der Waals surface area contributed by atoms with Gasteiger partial charge in [0, 0.05) is 17.4 Å². The third-order valence-electron chi connectivity index (χ3n) is 5.34. The van der Waals surface area contributed by atoms with Gasteiger partial charge in [0.25, 0.3) is 0 Å². The summed E-state index contributed by atoms with van der Waals surface area (Å²) in [6.45, 7) is 6.12. The van der Waals surface area contributed by atoms with Gasteiger partial charge in [-0.2, -0.15) is 0 Å². The molecule has 3 aromatic heterocycles. The highest BCUT2D eigenvalue weighted by atomic mass is 19.1. The van der Waals surface area contributed by atoms with Gasteiger partial charge in [-0.1, -0.05) is 45.0 Å². The summed E-state index contributed by atoms with van der Waals surface area (Å²) in [7, 11) is 0. The molecule has 33 heavy (non-hydrogen) atoms. The molecule has 5 rings (SSSR count). The number of pyridine rings is 2. The molecule has 5 nitrogen and oxygen atoms in total. The SMILES string of the molecule is CC.CCc1ccc(-n2c(-c3cccnc3N)nc3ccc(-c4ccccc4F)nc32)cc1. The standard InChI is InChI=1S/C25H20FN5.C2H6/c1-2-16-9-11-17(12-10-16)31-24(19-7-5-15-28-23(19)27)30-22-14-13-21(29-25(22)31)18-6-3-4-8-20(18)26;1-2/h3-15H,2H2,1H3,(H2,27,28);1-2H3. The third-order valence-corrected chi connectivity index (χ3v) is 5.34. The Morgan fingerprint density at radius 1 is 0.848 bits per heavy atom. The minimum Gasteiger partial charge on any atom is -0.383 e. The highest BCUT2D eigenvalue weighted by Gasteiger charge is 2.19. The first kappa shape index (κ1) is 22.1. The highest BCUT2D eigenvalue weighted by Crippen LogP contribution is 2.32. The van der Waals surface area contributed by atoms with Crippen molar-refractivity contribution in [1.82, 2.24) is 19.5 Å². The monoisotopic (exact) mass is 439 g/mol. The van der Waals surface area contributed by atoms with E-state index >= 15 is 0 Å². The van der Waals surface area contributed by atoms with Gasteiger partial charge in [0.1, 0.15) is 17.2 Å². The van der Waals surface area contributed by atoms with Crippen LogP contribution in [0.5, 0.6) is 0 Å². The maximum atomic E-state index is 14.4. The summed E-state index contributed by atoms with van der Waals surface area (Å²) < 4.78 is 16.4. The number of anilines is 1. The van der Waals surface area contributed by atoms with Crippen LogP contribution in [0.25, 0.3) is 39.5 Å². The fraction of sp³-hybridized carbons (Fsp3) is 0.148. The normalized spacial score (nSPS) is 10.7. The number of fused-ring (bicyclic) bond motifs is 1. The quantitative estimate of drug-likeness (QED) is 0.349. The number of aromatic nitrogens is 4. The molecule has 5 aromatic rings. The fourth-order valence-corrected chi connectivity index (χ4v) is 3.69. The molecular formula is C27H26FN5. The van der Waals surface area contributed by atoms with Crippen LogP contribution in [-0.2, 0) is 6.42 Å². The van der Waals surface area contributed by atoms with Crippen molar-refractivity contribution in [2.45, 2.75) is 27.2 Å². The Balaban J connectivity index is 0.00000126. The molecule has 166 valence electrons. The molecule has 2 aromatic carbocycles. The number of rotatable bonds is 4. The summed E-state index contributed by atoms with van der Waals surface area (Å²) in [5, 5.41) is 0. The Morgan fingerprint density at radius 3 is 2.27 bits per heavy atom. The molecule has 0 unspecified atom stereocenters. The second-order valence-corrected chi connectivity index (χ2v) is 7.25. The average molecular weight is 440 g/mol. The van der Waals surface area contributed by atoms with Crippen molar-refractivity contribution in [3.05, 3.63) is 90.4 Å². The molecule has 0 amide bonds. The molecule has 2 N–H and O–H groups in total. The highest BCUT2D eigenvalue weighted by molar-refractivity contribution is 5.84. The fourth-order valence-electron chi connectivity index (χ4n) is 3.69. The van der Waals surface area contributed by atoms with Crippen LogP contribution in [0.1, 0.15) is 26.3 Å². The lowest BCUT2D eigenvalue weighted by molar-refractivity contribution is 0.631. The van der Waals surface area contributed by atoms with E-state index < -0.39 is 0 Å². The lowest BCUT2D eigenvalue weighted by atomic mass is 10.1. The van der Waals surface area contributed by atoms with E-state index in [2.05, 4.69) is 24.0 Å². The van der Waals surface area contributed by atoms with Crippen molar-refractivity contribution in [3.8, 4) is 28.3 Å². The largest absolute Gasteiger partial charge is 0.383 e. The van der Waals surface area contributed by atoms with E-state index in [4.69, 9.17) is 15.7 Å². The first-order valence-electron chi connectivity index (χ1n) is 11.1. The van der Waals surface area contributed by atoms with E-state index in [1.54, 1.807) is 30.5 Å². The summed E-state index contributed by atoms with van der Waals surface area (Å²) in [6, 6.07) is 22.2. The first-order valence-corrected chi connectivity index (χ1v) is 11.1. The molecule has 0 fully saturated rings. The average Bonchev–Trinajstić information content (AvgIpc) is 3.24. The number of aryl methyl sites for hydroxylation is 1. The van der Waals surface area contributed by atoms with Gasteiger partial charge >= 0.3 is 0 Å². The zero-order valence-electron chi connectivity index (χ0n) is 19.0. The van der Waals surface area contributed by atoms with Crippen LogP contribution >= 0.6 is 0 Å². The second-order valence-electron chi connectivity index (χ2n) is 7.25. The topological polar surface area (TPSA) is 69.6 Å². The zero-order valence-corrected chi connectivity index (χ0v) is 19.0. The number of nitrogen functional groups attached to an aromatic ring is 1. The predicted molar refractivity (Wildman–Crippen MR) is 133 cm³/mol. The van der Waals surface area contributed by atoms with Crippen LogP contribution in [0.15, 0.2) is 79.0 Å². The number of imidazole rings is 1. The molecule has 3 heterocycles. The van der Waals surface area contributed by atoms with Crippen molar-refractivity contribution in [2.75, 3.05) is 5.73 Å². The van der Waals surface area contributed by atoms with Crippen LogP contribution in [0.4, 0.5) is 10.2 Å². The van der Waals surface area contributed by atoms with Crippen molar-refractivity contribution < 1.29 is 4.39 Å². The molecule has 0 saturated carbocycles. The zero-order chi connectivity index (χ0) is 23.4. The number of hydrogen-bond acceptors (Lipinski definition) is 4. The number of hydrogen-bond donors (Lipinski definition) is 1. The van der Waals surface area contributed by atoms with E-state index in [1.165, 1.54) is 11.6 Å². The Labute approximate surface area is 192 Å². The number of nitrogens with zero attached hydrogens (tertiary/aromatic N) is 4. The van der Waals surface area contributed by atoms with Crippen LogP contribution in [0.2, 0.25) is 0 Å². The summed E-state index contributed by atoms with van der Waals surface area (Å²) in [5.74, 6) is 0.714. The number of halogens is 1. The molecule has 0 spiro atoms. The van der Waals surface area contributed by atoms with Crippen LogP contribution in [0, 0.1) is 5.82 Å². The van der Waals surface area contributed by atoms with E-state index in [0.29, 0.717) is 39.6 Å². The van der Waals surface area contributed by atoms with Gasteiger partial charge in [0.2, 0.25) is 0 Å². The summed E-state index contributed by atoms with van der Waals surface area (Å²) >= 11 is 0. The molecule has 6 heteroatoms. The van der Waals surface area contributed by atoms with Crippen molar-refractivity contribution in [2.24, 2.45) is 0 Å². The lowest BCUT2D eigenvalue weighted by Crippen LogP contribution is -2.02. The van der Waals surface area contributed by atoms with Crippen molar-refractivity contribution in [1.29, 1.82) is 0 Å². The summed E-state index contributed by atoms with van der Waals surface area (Å²) in [5.41, 5.74) is 11.3. The maximum absolute atomic E-state index is 14.4. The van der Waals surface area contributed by atoms with Crippen molar-refractivity contribution >= 4 is 17.0 Å². The molecule has 0 bridgehead atoms.